The summed E-state index contributed by atoms with van der Waals surface area (Å²) in [7, 11) is 0. The van der Waals surface area contributed by atoms with E-state index in [9.17, 15) is 14.0 Å². The third-order valence-electron chi connectivity index (χ3n) is 6.51. The molecule has 0 spiro atoms. The molecule has 1 aliphatic rings. The third-order valence-corrected chi connectivity index (χ3v) is 7.16. The van der Waals surface area contributed by atoms with Crippen LogP contribution in [0.2, 0.25) is 10.2 Å². The molecule has 1 fully saturated rings. The number of benzene rings is 1. The molecule has 1 saturated carbocycles. The van der Waals surface area contributed by atoms with Crippen LogP contribution in [0, 0.1) is 16.9 Å². The number of aromatic nitrogens is 10. The van der Waals surface area contributed by atoms with E-state index in [0.29, 0.717) is 38.7 Å². The highest BCUT2D eigenvalue weighted by molar-refractivity contribution is 6.32. The molecule has 1 aliphatic carbocycles. The van der Waals surface area contributed by atoms with E-state index < -0.39 is 18.4 Å². The van der Waals surface area contributed by atoms with Gasteiger partial charge in [0.1, 0.15) is 18.1 Å². The molecule has 1 unspecified atom stereocenters. The van der Waals surface area contributed by atoms with Gasteiger partial charge in [0.2, 0.25) is 5.69 Å². The van der Waals surface area contributed by atoms with E-state index in [1.807, 2.05) is 0 Å². The number of halogens is 5. The van der Waals surface area contributed by atoms with Gasteiger partial charge in [-0.15, -0.1) is 10.2 Å². The van der Waals surface area contributed by atoms with Crippen LogP contribution in [0.25, 0.3) is 28.1 Å². The Hall–Kier alpha value is -4.04. The molecule has 0 radical (unpaired) electrons. The van der Waals surface area contributed by atoms with Crippen molar-refractivity contribution in [1.82, 2.24) is 45.0 Å². The standard InChI is InChI=1S/C23H17Cl2F3N10O/c24-15-4-6-17(36-11-29-32-34-36)19(20(15)26)13-3-5-16(37(39)10-13)18(7-12-1-2-12)35-9-14(8-30-35)21-22(25)38(23(27)28)33-31-21/h3-6,8-12,18,23H,1-2,7H2. The van der Waals surface area contributed by atoms with Gasteiger partial charge in [-0.05, 0) is 41.0 Å². The van der Waals surface area contributed by atoms with Crippen LogP contribution in [-0.2, 0) is 0 Å². The Morgan fingerprint density at radius 3 is 2.59 bits per heavy atom. The van der Waals surface area contributed by atoms with Crippen molar-refractivity contribution in [2.24, 2.45) is 5.92 Å². The van der Waals surface area contributed by atoms with Crippen molar-refractivity contribution in [2.45, 2.75) is 31.9 Å². The van der Waals surface area contributed by atoms with Gasteiger partial charge in [0.25, 0.3) is 0 Å². The van der Waals surface area contributed by atoms with Crippen molar-refractivity contribution >= 4 is 23.2 Å². The van der Waals surface area contributed by atoms with Gasteiger partial charge in [0.05, 0.1) is 28.0 Å². The molecule has 4 heterocycles. The topological polar surface area (TPSA) is 119 Å². The van der Waals surface area contributed by atoms with E-state index in [1.54, 1.807) is 29.1 Å². The average molecular weight is 577 g/mol. The summed E-state index contributed by atoms with van der Waals surface area (Å²) in [6.07, 6.45) is 8.21. The first-order chi connectivity index (χ1) is 18.8. The maximum atomic E-state index is 15.2. The van der Waals surface area contributed by atoms with Crippen LogP contribution in [-0.4, -0.2) is 45.0 Å². The molecule has 4 aromatic heterocycles. The van der Waals surface area contributed by atoms with E-state index in [0.717, 1.165) is 12.8 Å². The summed E-state index contributed by atoms with van der Waals surface area (Å²) in [5.74, 6) is -0.334. The second kappa shape index (κ2) is 9.93. The van der Waals surface area contributed by atoms with Crippen LogP contribution < -0.4 is 4.73 Å². The highest BCUT2D eigenvalue weighted by Gasteiger charge is 2.33. The zero-order valence-corrected chi connectivity index (χ0v) is 21.3. The van der Waals surface area contributed by atoms with Gasteiger partial charge in [-0.3, -0.25) is 4.68 Å². The summed E-state index contributed by atoms with van der Waals surface area (Å²) in [5, 5.41) is 35.5. The van der Waals surface area contributed by atoms with E-state index in [-0.39, 0.29) is 27.0 Å². The first-order valence-corrected chi connectivity index (χ1v) is 12.5. The molecule has 0 saturated heterocycles. The molecule has 0 bridgehead atoms. The van der Waals surface area contributed by atoms with Crippen LogP contribution >= 0.6 is 23.2 Å². The Bertz CT molecular complexity index is 1650. The van der Waals surface area contributed by atoms with Crippen molar-refractivity contribution in [3.63, 3.8) is 0 Å². The smallest absolute Gasteiger partial charge is 0.335 e. The number of tetrazole rings is 1. The lowest BCUT2D eigenvalue weighted by molar-refractivity contribution is -0.615. The molecule has 11 nitrogen and oxygen atoms in total. The number of hydrogen-bond acceptors (Lipinski definition) is 7. The van der Waals surface area contributed by atoms with Gasteiger partial charge in [-0.2, -0.15) is 28.0 Å². The summed E-state index contributed by atoms with van der Waals surface area (Å²) in [5.41, 5.74) is 1.40. The Morgan fingerprint density at radius 1 is 1.10 bits per heavy atom. The molecule has 1 aromatic carbocycles. The maximum absolute atomic E-state index is 15.2. The van der Waals surface area contributed by atoms with Gasteiger partial charge >= 0.3 is 6.55 Å². The fourth-order valence-corrected chi connectivity index (χ4v) is 4.84. The van der Waals surface area contributed by atoms with Crippen LogP contribution in [0.15, 0.2) is 49.2 Å². The van der Waals surface area contributed by atoms with Gasteiger partial charge < -0.3 is 5.21 Å². The minimum atomic E-state index is -2.94. The van der Waals surface area contributed by atoms with Crippen molar-refractivity contribution in [3.8, 4) is 28.1 Å². The molecule has 39 heavy (non-hydrogen) atoms. The SMILES string of the molecule is [O-][n+]1cc(-c2c(-n3cnnn3)ccc(Cl)c2F)ccc1C(CC1CC1)n1cc(-c2nnn(C(F)F)c2Cl)cn1. The zero-order valence-electron chi connectivity index (χ0n) is 19.7. The minimum absolute atomic E-state index is 0.0466. The number of pyridine rings is 1. The van der Waals surface area contributed by atoms with Crippen LogP contribution in [0.5, 0.6) is 0 Å². The number of alkyl halides is 2. The highest BCUT2D eigenvalue weighted by atomic mass is 35.5. The Morgan fingerprint density at radius 2 is 1.92 bits per heavy atom. The number of rotatable bonds is 8. The van der Waals surface area contributed by atoms with Crippen molar-refractivity contribution in [3.05, 3.63) is 76.1 Å². The summed E-state index contributed by atoms with van der Waals surface area (Å²) in [4.78, 5) is 0. The van der Waals surface area contributed by atoms with E-state index >= 15 is 4.39 Å². The molecule has 5 aromatic rings. The molecule has 16 heteroatoms. The molecule has 200 valence electrons. The predicted octanol–water partition coefficient (Wildman–Crippen LogP) is 4.65. The molecular formula is C23H17Cl2F3N10O. The van der Waals surface area contributed by atoms with Gasteiger partial charge in [-0.1, -0.05) is 41.3 Å². The van der Waals surface area contributed by atoms with Crippen LogP contribution in [0.4, 0.5) is 13.2 Å². The molecule has 0 aliphatic heterocycles. The van der Waals surface area contributed by atoms with Gasteiger partial charge in [0, 0.05) is 17.8 Å². The lowest BCUT2D eigenvalue weighted by Gasteiger charge is -2.18. The van der Waals surface area contributed by atoms with Crippen molar-refractivity contribution in [2.75, 3.05) is 0 Å². The quantitative estimate of drug-likeness (QED) is 0.195. The minimum Gasteiger partial charge on any atom is -0.618 e. The van der Waals surface area contributed by atoms with E-state index in [1.165, 1.54) is 29.5 Å². The molecule has 0 N–H and O–H groups in total. The Labute approximate surface area is 228 Å². The molecular weight excluding hydrogens is 560 g/mol. The van der Waals surface area contributed by atoms with Crippen molar-refractivity contribution < 1.29 is 17.9 Å². The first kappa shape index (κ1) is 25.2. The van der Waals surface area contributed by atoms with Crippen LogP contribution in [0.3, 0.4) is 0 Å². The van der Waals surface area contributed by atoms with E-state index in [2.05, 4.69) is 30.9 Å². The van der Waals surface area contributed by atoms with Gasteiger partial charge in [0.15, 0.2) is 17.2 Å². The second-order valence-corrected chi connectivity index (χ2v) is 9.80. The summed E-state index contributed by atoms with van der Waals surface area (Å²) < 4.78 is 45.2. The first-order valence-electron chi connectivity index (χ1n) is 11.7. The normalized spacial score (nSPS) is 14.3. The molecule has 0 amide bonds. The zero-order chi connectivity index (χ0) is 27.3. The summed E-state index contributed by atoms with van der Waals surface area (Å²) in [6, 6.07) is 5.65. The maximum Gasteiger partial charge on any atom is 0.335 e. The fraction of sp³-hybridized carbons (Fsp3) is 0.261. The third kappa shape index (κ3) is 4.69. The van der Waals surface area contributed by atoms with E-state index in [4.69, 9.17) is 23.2 Å². The summed E-state index contributed by atoms with van der Waals surface area (Å²) >= 11 is 12.1. The fourth-order valence-electron chi connectivity index (χ4n) is 4.42. The Balaban J connectivity index is 1.39. The Kier molecular flexibility index (Phi) is 6.43. The van der Waals surface area contributed by atoms with Crippen LogP contribution in [0.1, 0.15) is 37.5 Å². The highest BCUT2D eigenvalue weighted by Crippen LogP contribution is 2.40. The number of hydrogen-bond donors (Lipinski definition) is 0. The van der Waals surface area contributed by atoms with Gasteiger partial charge in [-0.25, -0.2) is 4.39 Å². The monoisotopic (exact) mass is 576 g/mol. The lowest BCUT2D eigenvalue weighted by Crippen LogP contribution is -2.35. The largest absolute Gasteiger partial charge is 0.618 e. The average Bonchev–Trinajstić information content (AvgIpc) is 3.27. The summed E-state index contributed by atoms with van der Waals surface area (Å²) in [6.45, 7) is -2.94. The predicted molar refractivity (Wildman–Crippen MR) is 132 cm³/mol. The molecule has 6 rings (SSSR count). The lowest BCUT2D eigenvalue weighted by atomic mass is 10.0. The molecule has 1 atom stereocenters. The number of nitrogens with zero attached hydrogens (tertiary/aromatic N) is 10. The second-order valence-electron chi connectivity index (χ2n) is 9.03. The van der Waals surface area contributed by atoms with Crippen molar-refractivity contribution in [1.29, 1.82) is 0 Å².